The zero-order valence-corrected chi connectivity index (χ0v) is 12.4. The van der Waals surface area contributed by atoms with Crippen molar-refractivity contribution in [3.8, 4) is 0 Å². The number of nitrogens with zero attached hydrogens (tertiary/aromatic N) is 1. The van der Waals surface area contributed by atoms with Gasteiger partial charge in [0.05, 0.1) is 0 Å². The van der Waals surface area contributed by atoms with Crippen molar-refractivity contribution in [2.24, 2.45) is 5.92 Å². The van der Waals surface area contributed by atoms with Crippen LogP contribution in [0.4, 0.5) is 4.39 Å². The van der Waals surface area contributed by atoms with Gasteiger partial charge in [0, 0.05) is 16.6 Å². The third kappa shape index (κ3) is 3.28. The van der Waals surface area contributed by atoms with Gasteiger partial charge in [-0.1, -0.05) is 24.6 Å². The molecule has 1 aromatic carbocycles. The molecule has 2 rings (SSSR count). The molecule has 1 aromatic rings. The van der Waals surface area contributed by atoms with Crippen LogP contribution in [0.2, 0.25) is 5.02 Å². The molecule has 19 heavy (non-hydrogen) atoms. The van der Waals surface area contributed by atoms with Gasteiger partial charge < -0.3 is 5.32 Å². The van der Waals surface area contributed by atoms with Crippen molar-refractivity contribution in [2.75, 3.05) is 26.7 Å². The quantitative estimate of drug-likeness (QED) is 0.891. The molecule has 4 heteroatoms. The van der Waals surface area contributed by atoms with E-state index >= 15 is 0 Å². The maximum absolute atomic E-state index is 14.2. The minimum atomic E-state index is -0.179. The van der Waals surface area contributed by atoms with Gasteiger partial charge in [-0.2, -0.15) is 0 Å². The predicted molar refractivity (Wildman–Crippen MR) is 78.0 cm³/mol. The molecular weight excluding hydrogens is 263 g/mol. The topological polar surface area (TPSA) is 15.3 Å². The van der Waals surface area contributed by atoms with Gasteiger partial charge in [0.1, 0.15) is 5.82 Å². The van der Waals surface area contributed by atoms with E-state index in [1.54, 1.807) is 6.07 Å². The zero-order chi connectivity index (χ0) is 13.8. The molecule has 0 aliphatic carbocycles. The lowest BCUT2D eigenvalue weighted by Gasteiger charge is -2.28. The summed E-state index contributed by atoms with van der Waals surface area (Å²) in [6.45, 7) is 5.16. The summed E-state index contributed by atoms with van der Waals surface area (Å²) in [6, 6.07) is 5.23. The summed E-state index contributed by atoms with van der Waals surface area (Å²) < 4.78 is 14.2. The average Bonchev–Trinajstić information content (AvgIpc) is 2.74. The predicted octanol–water partition coefficient (Wildman–Crippen LogP) is 3.47. The first kappa shape index (κ1) is 14.8. The molecule has 106 valence electrons. The van der Waals surface area contributed by atoms with Crippen molar-refractivity contribution in [3.63, 3.8) is 0 Å². The highest BCUT2D eigenvalue weighted by Crippen LogP contribution is 2.38. The van der Waals surface area contributed by atoms with E-state index in [0.717, 1.165) is 38.0 Å². The minimum Gasteiger partial charge on any atom is -0.319 e. The lowest BCUT2D eigenvalue weighted by Crippen LogP contribution is -2.30. The second-order valence-electron chi connectivity index (χ2n) is 5.25. The van der Waals surface area contributed by atoms with Crippen LogP contribution in [0.3, 0.4) is 0 Å². The lowest BCUT2D eigenvalue weighted by molar-refractivity contribution is 0.222. The number of halogens is 2. The standard InChI is InChI=1S/C15H22ClFN2/c1-3-7-19-8-6-11(10-18-2)15(19)13-5-4-12(16)9-14(13)17/h4-5,9,11,15,18H,3,6-8,10H2,1-2H3. The van der Waals surface area contributed by atoms with Crippen molar-refractivity contribution < 1.29 is 4.39 Å². The Morgan fingerprint density at radius 2 is 2.26 bits per heavy atom. The molecule has 0 bridgehead atoms. The Hall–Kier alpha value is -0.640. The van der Waals surface area contributed by atoms with Gasteiger partial charge >= 0.3 is 0 Å². The molecule has 2 atom stereocenters. The van der Waals surface area contributed by atoms with Gasteiger partial charge in [-0.05, 0) is 57.6 Å². The van der Waals surface area contributed by atoms with Crippen LogP contribution in [0.5, 0.6) is 0 Å². The van der Waals surface area contributed by atoms with E-state index in [-0.39, 0.29) is 11.9 Å². The summed E-state index contributed by atoms with van der Waals surface area (Å²) in [5.74, 6) is 0.286. The second-order valence-corrected chi connectivity index (χ2v) is 5.69. The van der Waals surface area contributed by atoms with Crippen molar-refractivity contribution in [2.45, 2.75) is 25.8 Å². The summed E-state index contributed by atoms with van der Waals surface area (Å²) in [7, 11) is 1.96. The fraction of sp³-hybridized carbons (Fsp3) is 0.600. The molecule has 2 unspecified atom stereocenters. The summed E-state index contributed by atoms with van der Waals surface area (Å²) in [5.41, 5.74) is 0.788. The minimum absolute atomic E-state index is 0.171. The van der Waals surface area contributed by atoms with Crippen LogP contribution in [-0.2, 0) is 0 Å². The molecule has 0 radical (unpaired) electrons. The van der Waals surface area contributed by atoms with Crippen molar-refractivity contribution >= 4 is 11.6 Å². The first-order chi connectivity index (χ1) is 9.17. The van der Waals surface area contributed by atoms with Gasteiger partial charge in [-0.15, -0.1) is 0 Å². The summed E-state index contributed by atoms with van der Waals surface area (Å²) in [4.78, 5) is 2.40. The van der Waals surface area contributed by atoms with Crippen LogP contribution in [0, 0.1) is 11.7 Å². The van der Waals surface area contributed by atoms with E-state index in [9.17, 15) is 4.39 Å². The first-order valence-corrected chi connectivity index (χ1v) is 7.38. The molecule has 0 saturated carbocycles. The summed E-state index contributed by atoms with van der Waals surface area (Å²) in [6.07, 6.45) is 2.21. The van der Waals surface area contributed by atoms with Crippen LogP contribution in [0.25, 0.3) is 0 Å². The third-order valence-electron chi connectivity index (χ3n) is 3.89. The molecule has 1 heterocycles. The monoisotopic (exact) mass is 284 g/mol. The van der Waals surface area contributed by atoms with Gasteiger partial charge in [0.15, 0.2) is 0 Å². The number of nitrogens with one attached hydrogen (secondary N) is 1. The number of hydrogen-bond acceptors (Lipinski definition) is 2. The number of rotatable bonds is 5. The van der Waals surface area contributed by atoms with Crippen molar-refractivity contribution in [3.05, 3.63) is 34.6 Å². The van der Waals surface area contributed by atoms with Gasteiger partial charge in [-0.25, -0.2) is 4.39 Å². The Kier molecular flexibility index (Phi) is 5.20. The van der Waals surface area contributed by atoms with E-state index in [1.807, 2.05) is 13.1 Å². The molecule has 1 fully saturated rings. The van der Waals surface area contributed by atoms with Crippen LogP contribution in [0.1, 0.15) is 31.4 Å². The molecule has 0 amide bonds. The van der Waals surface area contributed by atoms with E-state index in [4.69, 9.17) is 11.6 Å². The maximum atomic E-state index is 14.2. The van der Waals surface area contributed by atoms with Crippen molar-refractivity contribution in [1.82, 2.24) is 10.2 Å². The van der Waals surface area contributed by atoms with Crippen LogP contribution >= 0.6 is 11.6 Å². The Morgan fingerprint density at radius 1 is 1.47 bits per heavy atom. The highest BCUT2D eigenvalue weighted by molar-refractivity contribution is 6.30. The molecule has 0 aromatic heterocycles. The third-order valence-corrected chi connectivity index (χ3v) is 4.12. The normalized spacial score (nSPS) is 24.0. The van der Waals surface area contributed by atoms with Crippen molar-refractivity contribution in [1.29, 1.82) is 0 Å². The second kappa shape index (κ2) is 6.69. The smallest absolute Gasteiger partial charge is 0.129 e. The van der Waals surface area contributed by atoms with Crippen LogP contribution < -0.4 is 5.32 Å². The Labute approximate surface area is 119 Å². The van der Waals surface area contributed by atoms with E-state index < -0.39 is 0 Å². The van der Waals surface area contributed by atoms with E-state index in [0.29, 0.717) is 10.9 Å². The number of hydrogen-bond donors (Lipinski definition) is 1. The van der Waals surface area contributed by atoms with Gasteiger partial charge in [0.2, 0.25) is 0 Å². The Balaban J connectivity index is 2.29. The maximum Gasteiger partial charge on any atom is 0.129 e. The fourth-order valence-corrected chi connectivity index (χ4v) is 3.29. The molecular formula is C15H22ClFN2. The number of likely N-dealkylation sites (tertiary alicyclic amines) is 1. The molecule has 1 aliphatic heterocycles. The molecule has 2 nitrogen and oxygen atoms in total. The molecule has 0 spiro atoms. The summed E-state index contributed by atoms with van der Waals surface area (Å²) >= 11 is 5.85. The van der Waals surface area contributed by atoms with Gasteiger partial charge in [0.25, 0.3) is 0 Å². The zero-order valence-electron chi connectivity index (χ0n) is 11.6. The number of benzene rings is 1. The highest BCUT2D eigenvalue weighted by atomic mass is 35.5. The Bertz CT molecular complexity index is 411. The molecule has 1 aliphatic rings. The van der Waals surface area contributed by atoms with Gasteiger partial charge in [-0.3, -0.25) is 4.90 Å². The van der Waals surface area contributed by atoms with Crippen LogP contribution in [0.15, 0.2) is 18.2 Å². The van der Waals surface area contributed by atoms with Crippen LogP contribution in [-0.4, -0.2) is 31.6 Å². The van der Waals surface area contributed by atoms with E-state index in [2.05, 4.69) is 17.1 Å². The molecule has 1 saturated heterocycles. The Morgan fingerprint density at radius 3 is 2.89 bits per heavy atom. The first-order valence-electron chi connectivity index (χ1n) is 7.01. The fourth-order valence-electron chi connectivity index (χ4n) is 3.13. The summed E-state index contributed by atoms with van der Waals surface area (Å²) in [5, 5.41) is 3.69. The molecule has 1 N–H and O–H groups in total. The average molecular weight is 285 g/mol. The lowest BCUT2D eigenvalue weighted by atomic mass is 9.93. The highest BCUT2D eigenvalue weighted by Gasteiger charge is 2.35. The van der Waals surface area contributed by atoms with E-state index in [1.165, 1.54) is 6.07 Å². The SMILES string of the molecule is CCCN1CCC(CNC)C1c1ccc(Cl)cc1F. The largest absolute Gasteiger partial charge is 0.319 e.